The van der Waals surface area contributed by atoms with E-state index in [9.17, 15) is 9.59 Å². The van der Waals surface area contributed by atoms with E-state index in [0.29, 0.717) is 15.7 Å². The van der Waals surface area contributed by atoms with Crippen LogP contribution >= 0.6 is 33.9 Å². The zero-order valence-corrected chi connectivity index (χ0v) is 19.3. The largest absolute Gasteiger partial charge is 0.378 e. The van der Waals surface area contributed by atoms with Crippen molar-refractivity contribution in [1.29, 1.82) is 0 Å². The molecule has 8 nitrogen and oxygen atoms in total. The Labute approximate surface area is 191 Å². The van der Waals surface area contributed by atoms with Gasteiger partial charge in [0.1, 0.15) is 5.01 Å². The van der Waals surface area contributed by atoms with Crippen molar-refractivity contribution in [2.24, 2.45) is 5.10 Å². The Kier molecular flexibility index (Phi) is 7.46. The fraction of sp³-hybridized carbons (Fsp3) is 0.150. The number of hydrogen-bond donors (Lipinski definition) is 2. The first-order chi connectivity index (χ1) is 14.4. The number of halogens is 1. The highest BCUT2D eigenvalue weighted by Gasteiger charge is 2.14. The molecule has 2 amide bonds. The highest BCUT2D eigenvalue weighted by molar-refractivity contribution is 14.1. The average molecular weight is 534 g/mol. The normalized spacial score (nSPS) is 10.8. The molecule has 1 heterocycles. The Hall–Kier alpha value is -2.86. The van der Waals surface area contributed by atoms with Crippen molar-refractivity contribution in [2.75, 3.05) is 24.3 Å². The molecule has 154 valence electrons. The summed E-state index contributed by atoms with van der Waals surface area (Å²) in [5.74, 6) is -0.583. The highest BCUT2D eigenvalue weighted by Crippen LogP contribution is 2.18. The summed E-state index contributed by atoms with van der Waals surface area (Å²) in [7, 11) is 3.94. The van der Waals surface area contributed by atoms with E-state index in [2.05, 4.69) is 48.6 Å². The molecule has 0 radical (unpaired) electrons. The van der Waals surface area contributed by atoms with Gasteiger partial charge in [-0.15, -0.1) is 10.2 Å². The maximum atomic E-state index is 12.3. The predicted octanol–water partition coefficient (Wildman–Crippen LogP) is 3.15. The number of hydrazone groups is 1. The summed E-state index contributed by atoms with van der Waals surface area (Å²) in [5, 5.41) is 15.4. The number of hydrogen-bond acceptors (Lipinski definition) is 7. The number of aromatic nitrogens is 2. The van der Waals surface area contributed by atoms with E-state index in [4.69, 9.17) is 0 Å². The Balaban J connectivity index is 1.51. The molecule has 0 atom stereocenters. The fourth-order valence-corrected chi connectivity index (χ4v) is 3.77. The molecular formula is C20H19IN6O2S. The molecule has 0 saturated carbocycles. The van der Waals surface area contributed by atoms with Crippen LogP contribution in [0.2, 0.25) is 0 Å². The van der Waals surface area contributed by atoms with Gasteiger partial charge in [-0.2, -0.15) is 5.10 Å². The lowest BCUT2D eigenvalue weighted by Crippen LogP contribution is -2.19. The summed E-state index contributed by atoms with van der Waals surface area (Å²) in [6, 6.07) is 15.0. The lowest BCUT2D eigenvalue weighted by atomic mass is 10.2. The number of amides is 2. The lowest BCUT2D eigenvalue weighted by molar-refractivity contribution is -0.120. The third-order valence-corrected chi connectivity index (χ3v) is 5.71. The third-order valence-electron chi connectivity index (χ3n) is 3.93. The van der Waals surface area contributed by atoms with Gasteiger partial charge in [0.05, 0.1) is 18.2 Å². The molecule has 3 rings (SSSR count). The summed E-state index contributed by atoms with van der Waals surface area (Å²) >= 11 is 3.25. The molecular weight excluding hydrogens is 515 g/mol. The molecule has 0 spiro atoms. The van der Waals surface area contributed by atoms with Gasteiger partial charge in [0.15, 0.2) is 0 Å². The summed E-state index contributed by atoms with van der Waals surface area (Å²) in [4.78, 5) is 26.4. The fourth-order valence-electron chi connectivity index (χ4n) is 2.40. The molecule has 2 aromatic carbocycles. The monoisotopic (exact) mass is 534 g/mol. The number of nitrogens with zero attached hydrogens (tertiary/aromatic N) is 4. The van der Waals surface area contributed by atoms with Crippen LogP contribution in [0.15, 0.2) is 53.6 Å². The average Bonchev–Trinajstić information content (AvgIpc) is 3.15. The first-order valence-electron chi connectivity index (χ1n) is 8.90. The number of carbonyl (C=O) groups excluding carboxylic acids is 2. The minimum atomic E-state index is -0.317. The first-order valence-corrected chi connectivity index (χ1v) is 10.8. The van der Waals surface area contributed by atoms with Crippen LogP contribution in [0.3, 0.4) is 0 Å². The van der Waals surface area contributed by atoms with Crippen LogP contribution in [0.5, 0.6) is 0 Å². The van der Waals surface area contributed by atoms with Gasteiger partial charge in [0.2, 0.25) is 11.0 Å². The Morgan fingerprint density at radius 2 is 1.87 bits per heavy atom. The van der Waals surface area contributed by atoms with E-state index in [1.807, 2.05) is 55.4 Å². The summed E-state index contributed by atoms with van der Waals surface area (Å²) < 4.78 is 0.839. The van der Waals surface area contributed by atoms with Crippen molar-refractivity contribution in [1.82, 2.24) is 15.6 Å². The minimum absolute atomic E-state index is 0.0211. The number of rotatable bonds is 7. The third kappa shape index (κ3) is 6.07. The highest BCUT2D eigenvalue weighted by atomic mass is 127. The van der Waals surface area contributed by atoms with Gasteiger partial charge in [0, 0.05) is 23.4 Å². The smallest absolute Gasteiger partial charge is 0.258 e. The predicted molar refractivity (Wildman–Crippen MR) is 127 cm³/mol. The van der Waals surface area contributed by atoms with Gasteiger partial charge in [0.25, 0.3) is 5.91 Å². The van der Waals surface area contributed by atoms with Crippen LogP contribution in [0.25, 0.3) is 0 Å². The van der Waals surface area contributed by atoms with E-state index in [1.165, 1.54) is 0 Å². The Morgan fingerprint density at radius 3 is 2.57 bits per heavy atom. The van der Waals surface area contributed by atoms with Gasteiger partial charge in [-0.25, -0.2) is 5.43 Å². The van der Waals surface area contributed by atoms with Crippen molar-refractivity contribution < 1.29 is 9.59 Å². The minimum Gasteiger partial charge on any atom is -0.378 e. The molecule has 3 aromatic rings. The maximum Gasteiger partial charge on any atom is 0.258 e. The van der Waals surface area contributed by atoms with Gasteiger partial charge in [-0.1, -0.05) is 35.6 Å². The maximum absolute atomic E-state index is 12.3. The van der Waals surface area contributed by atoms with Crippen molar-refractivity contribution >= 4 is 62.8 Å². The summed E-state index contributed by atoms with van der Waals surface area (Å²) in [6.45, 7) is 0. The number of benzene rings is 2. The summed E-state index contributed by atoms with van der Waals surface area (Å²) in [6.07, 6.45) is 1.60. The van der Waals surface area contributed by atoms with Crippen LogP contribution < -0.4 is 15.6 Å². The molecule has 0 aliphatic heterocycles. The topological polar surface area (TPSA) is 99.6 Å². The molecule has 0 aliphatic rings. The Morgan fingerprint density at radius 1 is 1.13 bits per heavy atom. The van der Waals surface area contributed by atoms with Crippen LogP contribution in [0.4, 0.5) is 10.8 Å². The molecule has 0 aliphatic carbocycles. The zero-order valence-electron chi connectivity index (χ0n) is 16.3. The van der Waals surface area contributed by atoms with E-state index in [-0.39, 0.29) is 18.2 Å². The zero-order chi connectivity index (χ0) is 21.5. The van der Waals surface area contributed by atoms with Crippen molar-refractivity contribution in [3.05, 3.63) is 68.2 Å². The second kappa shape index (κ2) is 10.3. The quantitative estimate of drug-likeness (QED) is 0.276. The lowest BCUT2D eigenvalue weighted by Gasteiger charge is -2.11. The van der Waals surface area contributed by atoms with Gasteiger partial charge < -0.3 is 4.90 Å². The molecule has 0 unspecified atom stereocenters. The van der Waals surface area contributed by atoms with E-state index < -0.39 is 0 Å². The van der Waals surface area contributed by atoms with E-state index >= 15 is 0 Å². The van der Waals surface area contributed by atoms with Crippen LogP contribution in [0, 0.1) is 3.57 Å². The molecule has 0 saturated heterocycles. The van der Waals surface area contributed by atoms with Crippen molar-refractivity contribution in [2.45, 2.75) is 6.42 Å². The molecule has 10 heteroatoms. The second-order valence-electron chi connectivity index (χ2n) is 6.39. The van der Waals surface area contributed by atoms with Crippen LogP contribution in [0.1, 0.15) is 20.9 Å². The van der Waals surface area contributed by atoms with Crippen LogP contribution in [-0.2, 0) is 11.2 Å². The van der Waals surface area contributed by atoms with E-state index in [1.54, 1.807) is 18.3 Å². The molecule has 2 N–H and O–H groups in total. The van der Waals surface area contributed by atoms with E-state index in [0.717, 1.165) is 26.2 Å². The van der Waals surface area contributed by atoms with Crippen LogP contribution in [-0.4, -0.2) is 42.3 Å². The number of anilines is 2. The molecule has 0 fully saturated rings. The second-order valence-corrected chi connectivity index (χ2v) is 8.62. The Bertz CT molecular complexity index is 1070. The van der Waals surface area contributed by atoms with Crippen molar-refractivity contribution in [3.63, 3.8) is 0 Å². The standard InChI is InChI=1S/C20H19IN6O2S/c1-27(2)14-9-7-13(8-10-14)12-22-24-17(28)11-18-25-26-20(30-18)23-19(29)15-5-3-4-6-16(15)21/h3-10,12H,11H2,1-2H3,(H,24,28)(H,23,26,29)/b22-12-. The SMILES string of the molecule is CN(C)c1ccc(/C=N\NC(=O)Cc2nnc(NC(=O)c3ccccc3I)s2)cc1. The van der Waals surface area contributed by atoms with Crippen molar-refractivity contribution in [3.8, 4) is 0 Å². The number of nitrogens with one attached hydrogen (secondary N) is 2. The molecule has 30 heavy (non-hydrogen) atoms. The molecule has 0 bridgehead atoms. The summed E-state index contributed by atoms with van der Waals surface area (Å²) in [5.41, 5.74) is 4.98. The van der Waals surface area contributed by atoms with Gasteiger partial charge >= 0.3 is 0 Å². The van der Waals surface area contributed by atoms with Gasteiger partial charge in [-0.05, 0) is 52.4 Å². The number of carbonyl (C=O) groups is 2. The van der Waals surface area contributed by atoms with Gasteiger partial charge in [-0.3, -0.25) is 14.9 Å². The molecule has 1 aromatic heterocycles. The first kappa shape index (κ1) is 21.8.